The summed E-state index contributed by atoms with van der Waals surface area (Å²) >= 11 is 5.58. The number of hydrogen-bond acceptors (Lipinski definition) is 1. The van der Waals surface area contributed by atoms with Gasteiger partial charge in [-0.3, -0.25) is 0 Å². The van der Waals surface area contributed by atoms with Crippen molar-refractivity contribution >= 4 is 11.6 Å². The summed E-state index contributed by atoms with van der Waals surface area (Å²) in [7, 11) is 0. The summed E-state index contributed by atoms with van der Waals surface area (Å²) in [5.41, 5.74) is 0. The molecule has 0 aliphatic rings. The Morgan fingerprint density at radius 2 is 2.08 bits per heavy atom. The molecule has 0 saturated heterocycles. The number of unbranched alkanes of at least 4 members (excludes halogenated alkanes) is 1. The van der Waals surface area contributed by atoms with Crippen molar-refractivity contribution in [2.45, 2.75) is 33.1 Å². The van der Waals surface area contributed by atoms with Crippen molar-refractivity contribution in [2.24, 2.45) is 5.92 Å². The van der Waals surface area contributed by atoms with Crippen molar-refractivity contribution < 1.29 is 0 Å². The Hall–Kier alpha value is -0.0100. The largest absolute Gasteiger partial charge is 0.312 e. The zero-order chi connectivity index (χ0) is 9.40. The molecule has 0 spiro atoms. The Labute approximate surface area is 81.2 Å². The fourth-order valence-corrected chi connectivity index (χ4v) is 1.12. The first-order valence-electron chi connectivity index (χ1n) is 4.67. The van der Waals surface area contributed by atoms with Crippen molar-refractivity contribution in [2.75, 3.05) is 13.1 Å². The molecule has 0 saturated carbocycles. The maximum absolute atomic E-state index is 5.58. The molecule has 0 radical (unpaired) electrons. The minimum absolute atomic E-state index is 0.693. The van der Waals surface area contributed by atoms with E-state index >= 15 is 0 Å². The first-order valence-corrected chi connectivity index (χ1v) is 5.04. The van der Waals surface area contributed by atoms with Crippen LogP contribution in [0.3, 0.4) is 0 Å². The first-order chi connectivity index (χ1) is 5.63. The van der Waals surface area contributed by atoms with E-state index in [0.717, 1.165) is 19.0 Å². The number of rotatable bonds is 7. The highest BCUT2D eigenvalue weighted by Gasteiger charge is 1.93. The van der Waals surface area contributed by atoms with Crippen LogP contribution in [-0.2, 0) is 0 Å². The lowest BCUT2D eigenvalue weighted by Gasteiger charge is -2.05. The zero-order valence-electron chi connectivity index (χ0n) is 8.20. The molecule has 0 rings (SSSR count). The van der Waals surface area contributed by atoms with Crippen molar-refractivity contribution in [3.05, 3.63) is 11.6 Å². The Morgan fingerprint density at radius 1 is 1.42 bits per heavy atom. The molecule has 0 aromatic carbocycles. The van der Waals surface area contributed by atoms with Gasteiger partial charge in [0, 0.05) is 11.6 Å². The number of halogens is 1. The van der Waals surface area contributed by atoms with E-state index in [9.17, 15) is 0 Å². The number of nitrogens with one attached hydrogen (secondary N) is 1. The molecule has 0 fully saturated rings. The Balaban J connectivity index is 2.96. The van der Waals surface area contributed by atoms with Crippen LogP contribution in [0.15, 0.2) is 11.6 Å². The molecule has 0 aromatic rings. The predicted molar refractivity (Wildman–Crippen MR) is 56.6 cm³/mol. The van der Waals surface area contributed by atoms with Crippen molar-refractivity contribution in [1.82, 2.24) is 5.32 Å². The van der Waals surface area contributed by atoms with Crippen LogP contribution < -0.4 is 5.32 Å². The smallest absolute Gasteiger partial charge is 0.0307 e. The van der Waals surface area contributed by atoms with Crippen LogP contribution in [0.25, 0.3) is 0 Å². The normalized spacial score (nSPS) is 10.7. The van der Waals surface area contributed by atoms with Gasteiger partial charge in [0.25, 0.3) is 0 Å². The third kappa shape index (κ3) is 9.99. The lowest BCUT2D eigenvalue weighted by molar-refractivity contribution is 0.526. The Kier molecular flexibility index (Phi) is 7.62. The second kappa shape index (κ2) is 7.63. The van der Waals surface area contributed by atoms with E-state index in [2.05, 4.69) is 25.7 Å². The van der Waals surface area contributed by atoms with Gasteiger partial charge in [-0.25, -0.2) is 0 Å². The van der Waals surface area contributed by atoms with E-state index in [0.29, 0.717) is 5.03 Å². The van der Waals surface area contributed by atoms with Crippen molar-refractivity contribution in [3.63, 3.8) is 0 Å². The highest BCUT2D eigenvalue weighted by Crippen LogP contribution is 2.05. The average Bonchev–Trinajstić information content (AvgIpc) is 1.95. The monoisotopic (exact) mass is 189 g/mol. The number of hydrogen-bond donors (Lipinski definition) is 1. The molecule has 0 unspecified atom stereocenters. The summed E-state index contributed by atoms with van der Waals surface area (Å²) in [6.45, 7) is 9.91. The molecular formula is C10H20ClN. The summed E-state index contributed by atoms with van der Waals surface area (Å²) in [6, 6.07) is 0. The summed E-state index contributed by atoms with van der Waals surface area (Å²) in [4.78, 5) is 0. The standard InChI is InChI=1S/C10H20ClN/c1-9(2)6-4-5-7-12-8-10(3)11/h9,12H,3-8H2,1-2H3. The van der Waals surface area contributed by atoms with Gasteiger partial charge in [-0.2, -0.15) is 0 Å². The van der Waals surface area contributed by atoms with Gasteiger partial charge in [-0.1, -0.05) is 44.9 Å². The molecular weight excluding hydrogens is 170 g/mol. The zero-order valence-corrected chi connectivity index (χ0v) is 8.95. The Morgan fingerprint density at radius 3 is 2.58 bits per heavy atom. The first kappa shape index (κ1) is 12.0. The quantitative estimate of drug-likeness (QED) is 0.607. The summed E-state index contributed by atoms with van der Waals surface area (Å²) in [5.74, 6) is 0.827. The molecule has 0 aliphatic heterocycles. The van der Waals surface area contributed by atoms with Crippen molar-refractivity contribution in [1.29, 1.82) is 0 Å². The third-order valence-corrected chi connectivity index (χ3v) is 1.84. The molecule has 0 bridgehead atoms. The van der Waals surface area contributed by atoms with Gasteiger partial charge in [-0.15, -0.1) is 0 Å². The summed E-state index contributed by atoms with van der Waals surface area (Å²) in [6.07, 6.45) is 3.87. The van der Waals surface area contributed by atoms with E-state index in [4.69, 9.17) is 11.6 Å². The van der Waals surface area contributed by atoms with Crippen LogP contribution >= 0.6 is 11.6 Å². The van der Waals surface area contributed by atoms with Gasteiger partial charge in [0.1, 0.15) is 0 Å². The molecule has 2 heteroatoms. The lowest BCUT2D eigenvalue weighted by Crippen LogP contribution is -2.16. The van der Waals surface area contributed by atoms with Gasteiger partial charge in [-0.05, 0) is 18.9 Å². The maximum Gasteiger partial charge on any atom is 0.0307 e. The van der Waals surface area contributed by atoms with E-state index in [1.165, 1.54) is 19.3 Å². The van der Waals surface area contributed by atoms with E-state index in [-0.39, 0.29) is 0 Å². The van der Waals surface area contributed by atoms with Crippen LogP contribution in [0.2, 0.25) is 0 Å². The molecule has 0 amide bonds. The fourth-order valence-electron chi connectivity index (χ4n) is 1.03. The van der Waals surface area contributed by atoms with Gasteiger partial charge in [0.05, 0.1) is 0 Å². The van der Waals surface area contributed by atoms with Gasteiger partial charge >= 0.3 is 0 Å². The highest BCUT2D eigenvalue weighted by molar-refractivity contribution is 6.29. The molecule has 0 atom stereocenters. The van der Waals surface area contributed by atoms with E-state index in [1.54, 1.807) is 0 Å². The van der Waals surface area contributed by atoms with Gasteiger partial charge < -0.3 is 5.32 Å². The second-order valence-electron chi connectivity index (χ2n) is 3.58. The van der Waals surface area contributed by atoms with Crippen molar-refractivity contribution in [3.8, 4) is 0 Å². The molecule has 0 heterocycles. The highest BCUT2D eigenvalue weighted by atomic mass is 35.5. The molecule has 72 valence electrons. The summed E-state index contributed by atoms with van der Waals surface area (Å²) in [5, 5.41) is 3.92. The minimum Gasteiger partial charge on any atom is -0.312 e. The van der Waals surface area contributed by atoms with Crippen LogP contribution in [0.5, 0.6) is 0 Å². The molecule has 0 aliphatic carbocycles. The lowest BCUT2D eigenvalue weighted by atomic mass is 10.1. The molecule has 0 aromatic heterocycles. The fraction of sp³-hybridized carbons (Fsp3) is 0.800. The van der Waals surface area contributed by atoms with Crippen LogP contribution in [0.4, 0.5) is 0 Å². The predicted octanol–water partition coefficient (Wildman–Crippen LogP) is 3.15. The topological polar surface area (TPSA) is 12.0 Å². The maximum atomic E-state index is 5.58. The Bertz CT molecular complexity index is 121. The van der Waals surface area contributed by atoms with Crippen LogP contribution in [0, 0.1) is 5.92 Å². The minimum atomic E-state index is 0.693. The van der Waals surface area contributed by atoms with E-state index < -0.39 is 0 Å². The second-order valence-corrected chi connectivity index (χ2v) is 4.12. The van der Waals surface area contributed by atoms with Crippen LogP contribution in [-0.4, -0.2) is 13.1 Å². The third-order valence-electron chi connectivity index (χ3n) is 1.70. The summed E-state index contributed by atoms with van der Waals surface area (Å²) < 4.78 is 0. The molecule has 1 nitrogen and oxygen atoms in total. The molecule has 1 N–H and O–H groups in total. The van der Waals surface area contributed by atoms with E-state index in [1.807, 2.05) is 0 Å². The van der Waals surface area contributed by atoms with Gasteiger partial charge in [0.2, 0.25) is 0 Å². The molecule has 12 heavy (non-hydrogen) atoms. The SMILES string of the molecule is C=C(Cl)CNCCCCC(C)C. The van der Waals surface area contributed by atoms with Gasteiger partial charge in [0.15, 0.2) is 0 Å². The average molecular weight is 190 g/mol. The van der Waals surface area contributed by atoms with Crippen LogP contribution in [0.1, 0.15) is 33.1 Å².